The lowest BCUT2D eigenvalue weighted by Crippen LogP contribution is -2.36. The molecule has 0 bridgehead atoms. The summed E-state index contributed by atoms with van der Waals surface area (Å²) in [6, 6.07) is 0. The van der Waals surface area contributed by atoms with Crippen LogP contribution in [0.2, 0.25) is 0 Å². The van der Waals surface area contributed by atoms with Crippen molar-refractivity contribution in [3.05, 3.63) is 0 Å². The molecule has 2 rings (SSSR count). The minimum absolute atomic E-state index is 0.283. The van der Waals surface area contributed by atoms with Crippen LogP contribution in [-0.4, -0.2) is 10.7 Å². The molecular formula is C12H22O. The van der Waals surface area contributed by atoms with Gasteiger partial charge >= 0.3 is 0 Å². The normalized spacial score (nSPS) is 41.5. The molecule has 1 heteroatoms. The van der Waals surface area contributed by atoms with E-state index in [4.69, 9.17) is 0 Å². The molecule has 2 aliphatic rings. The van der Waals surface area contributed by atoms with Gasteiger partial charge < -0.3 is 5.11 Å². The van der Waals surface area contributed by atoms with E-state index in [1.807, 2.05) is 0 Å². The van der Waals surface area contributed by atoms with Crippen molar-refractivity contribution >= 4 is 0 Å². The Morgan fingerprint density at radius 2 is 1.85 bits per heavy atom. The zero-order chi connectivity index (χ0) is 9.31. The van der Waals surface area contributed by atoms with E-state index in [0.29, 0.717) is 5.92 Å². The lowest BCUT2D eigenvalue weighted by Gasteiger charge is -2.33. The van der Waals surface area contributed by atoms with Gasteiger partial charge in [-0.15, -0.1) is 0 Å². The molecule has 13 heavy (non-hydrogen) atoms. The van der Waals surface area contributed by atoms with Crippen molar-refractivity contribution in [3.63, 3.8) is 0 Å². The second kappa shape index (κ2) is 3.61. The first-order chi connectivity index (χ1) is 6.26. The lowest BCUT2D eigenvalue weighted by molar-refractivity contribution is -0.0230. The van der Waals surface area contributed by atoms with E-state index in [0.717, 1.165) is 18.8 Å². The van der Waals surface area contributed by atoms with Gasteiger partial charge in [0.15, 0.2) is 0 Å². The highest BCUT2D eigenvalue weighted by molar-refractivity contribution is 4.95. The molecule has 0 aromatic heterocycles. The van der Waals surface area contributed by atoms with E-state index in [-0.39, 0.29) is 5.60 Å². The number of hydrogen-bond donors (Lipinski definition) is 1. The molecule has 0 aliphatic heterocycles. The van der Waals surface area contributed by atoms with Crippen LogP contribution in [-0.2, 0) is 0 Å². The standard InChI is InChI=1S/C12H22O/c1-2-12(13)9-5-8-11(12)10-6-3-4-7-10/h10-11,13H,2-9H2,1H3. The van der Waals surface area contributed by atoms with Gasteiger partial charge in [-0.3, -0.25) is 0 Å². The molecule has 0 spiro atoms. The van der Waals surface area contributed by atoms with Crippen molar-refractivity contribution in [2.75, 3.05) is 0 Å². The third-order valence-corrected chi connectivity index (χ3v) is 4.40. The fraction of sp³-hybridized carbons (Fsp3) is 1.00. The maximum Gasteiger partial charge on any atom is 0.0675 e. The quantitative estimate of drug-likeness (QED) is 0.695. The summed E-state index contributed by atoms with van der Waals surface area (Å²) in [5.41, 5.74) is -0.283. The Bertz CT molecular complexity index is 172. The molecule has 0 radical (unpaired) electrons. The van der Waals surface area contributed by atoms with Crippen LogP contribution in [0.5, 0.6) is 0 Å². The maximum absolute atomic E-state index is 10.4. The van der Waals surface area contributed by atoms with Gasteiger partial charge in [0.25, 0.3) is 0 Å². The van der Waals surface area contributed by atoms with Crippen molar-refractivity contribution < 1.29 is 5.11 Å². The van der Waals surface area contributed by atoms with Gasteiger partial charge in [0.05, 0.1) is 5.60 Å². The zero-order valence-corrected chi connectivity index (χ0v) is 8.76. The monoisotopic (exact) mass is 182 g/mol. The van der Waals surface area contributed by atoms with Crippen LogP contribution in [0.4, 0.5) is 0 Å². The Balaban J connectivity index is 2.04. The highest BCUT2D eigenvalue weighted by Crippen LogP contribution is 2.47. The van der Waals surface area contributed by atoms with Gasteiger partial charge in [-0.25, -0.2) is 0 Å². The Kier molecular flexibility index (Phi) is 2.64. The largest absolute Gasteiger partial charge is 0.390 e. The minimum Gasteiger partial charge on any atom is -0.390 e. The third kappa shape index (κ3) is 1.63. The van der Waals surface area contributed by atoms with Crippen molar-refractivity contribution in [1.82, 2.24) is 0 Å². The fourth-order valence-electron chi connectivity index (χ4n) is 3.56. The van der Waals surface area contributed by atoms with Crippen LogP contribution in [0.15, 0.2) is 0 Å². The number of aliphatic hydroxyl groups is 1. The van der Waals surface area contributed by atoms with Crippen molar-refractivity contribution in [2.45, 2.75) is 63.9 Å². The molecular weight excluding hydrogens is 160 g/mol. The topological polar surface area (TPSA) is 20.2 Å². The summed E-state index contributed by atoms with van der Waals surface area (Å²) in [6.45, 7) is 2.15. The Morgan fingerprint density at radius 1 is 1.15 bits per heavy atom. The van der Waals surface area contributed by atoms with Gasteiger partial charge in [0.2, 0.25) is 0 Å². The molecule has 0 saturated heterocycles. The molecule has 2 unspecified atom stereocenters. The second-order valence-electron chi connectivity index (χ2n) is 5.00. The van der Waals surface area contributed by atoms with Crippen LogP contribution in [0, 0.1) is 11.8 Å². The first-order valence-electron chi connectivity index (χ1n) is 5.98. The van der Waals surface area contributed by atoms with Crippen LogP contribution < -0.4 is 0 Å². The van der Waals surface area contributed by atoms with Crippen LogP contribution >= 0.6 is 0 Å². The summed E-state index contributed by atoms with van der Waals surface area (Å²) in [4.78, 5) is 0. The second-order valence-corrected chi connectivity index (χ2v) is 5.00. The molecule has 1 nitrogen and oxygen atoms in total. The van der Waals surface area contributed by atoms with E-state index in [9.17, 15) is 5.11 Å². The Labute approximate surface area is 81.5 Å². The van der Waals surface area contributed by atoms with Gasteiger partial charge in [-0.1, -0.05) is 39.0 Å². The Morgan fingerprint density at radius 3 is 2.46 bits per heavy atom. The summed E-state index contributed by atoms with van der Waals surface area (Å²) < 4.78 is 0. The summed E-state index contributed by atoms with van der Waals surface area (Å²) in [6.07, 6.45) is 10.1. The first-order valence-corrected chi connectivity index (χ1v) is 5.98. The average molecular weight is 182 g/mol. The lowest BCUT2D eigenvalue weighted by atomic mass is 9.78. The zero-order valence-electron chi connectivity index (χ0n) is 8.76. The molecule has 0 amide bonds. The van der Waals surface area contributed by atoms with Crippen LogP contribution in [0.1, 0.15) is 58.3 Å². The van der Waals surface area contributed by atoms with Crippen LogP contribution in [0.25, 0.3) is 0 Å². The molecule has 0 heterocycles. The predicted octanol–water partition coefficient (Wildman–Crippen LogP) is 3.12. The van der Waals surface area contributed by atoms with Gasteiger partial charge in [-0.05, 0) is 31.1 Å². The van der Waals surface area contributed by atoms with E-state index in [1.165, 1.54) is 38.5 Å². The molecule has 0 aromatic rings. The average Bonchev–Trinajstić information content (AvgIpc) is 2.73. The summed E-state index contributed by atoms with van der Waals surface area (Å²) in [5, 5.41) is 10.4. The fourth-order valence-corrected chi connectivity index (χ4v) is 3.56. The van der Waals surface area contributed by atoms with E-state index < -0.39 is 0 Å². The molecule has 76 valence electrons. The molecule has 0 aromatic carbocycles. The van der Waals surface area contributed by atoms with Crippen molar-refractivity contribution in [3.8, 4) is 0 Å². The molecule has 2 aliphatic carbocycles. The SMILES string of the molecule is CCC1(O)CCCC1C1CCCC1. The van der Waals surface area contributed by atoms with E-state index in [2.05, 4.69) is 6.92 Å². The molecule has 2 saturated carbocycles. The van der Waals surface area contributed by atoms with E-state index in [1.54, 1.807) is 0 Å². The summed E-state index contributed by atoms with van der Waals surface area (Å²) in [7, 11) is 0. The molecule has 1 N–H and O–H groups in total. The summed E-state index contributed by atoms with van der Waals surface area (Å²) in [5.74, 6) is 1.49. The summed E-state index contributed by atoms with van der Waals surface area (Å²) >= 11 is 0. The van der Waals surface area contributed by atoms with Crippen LogP contribution in [0.3, 0.4) is 0 Å². The molecule has 2 fully saturated rings. The van der Waals surface area contributed by atoms with E-state index >= 15 is 0 Å². The number of hydrogen-bond acceptors (Lipinski definition) is 1. The van der Waals surface area contributed by atoms with Gasteiger partial charge in [0.1, 0.15) is 0 Å². The first kappa shape index (κ1) is 9.51. The van der Waals surface area contributed by atoms with Gasteiger partial charge in [0, 0.05) is 0 Å². The van der Waals surface area contributed by atoms with Gasteiger partial charge in [-0.2, -0.15) is 0 Å². The van der Waals surface area contributed by atoms with Crippen molar-refractivity contribution in [1.29, 1.82) is 0 Å². The Hall–Kier alpha value is -0.0400. The predicted molar refractivity (Wildman–Crippen MR) is 54.5 cm³/mol. The number of rotatable bonds is 2. The van der Waals surface area contributed by atoms with Crippen molar-refractivity contribution in [2.24, 2.45) is 11.8 Å². The third-order valence-electron chi connectivity index (χ3n) is 4.40. The molecule has 2 atom stereocenters. The highest BCUT2D eigenvalue weighted by atomic mass is 16.3. The maximum atomic E-state index is 10.4. The minimum atomic E-state index is -0.283. The highest BCUT2D eigenvalue weighted by Gasteiger charge is 2.43. The smallest absolute Gasteiger partial charge is 0.0675 e.